The Morgan fingerprint density at radius 3 is 2.59 bits per heavy atom. The first-order valence-corrected chi connectivity index (χ1v) is 7.28. The molecule has 1 aliphatic rings. The lowest BCUT2D eigenvalue weighted by molar-refractivity contribution is 0.101. The summed E-state index contributed by atoms with van der Waals surface area (Å²) in [6, 6.07) is 6.24. The van der Waals surface area contributed by atoms with E-state index < -0.39 is 0 Å². The van der Waals surface area contributed by atoms with Gasteiger partial charge < -0.3 is 4.74 Å². The number of hydrogen-bond acceptors (Lipinski definition) is 1. The first-order chi connectivity index (χ1) is 8.06. The molecule has 1 aliphatic carbocycles. The molecule has 0 bridgehead atoms. The van der Waals surface area contributed by atoms with E-state index in [-0.39, 0.29) is 0 Å². The fourth-order valence-electron chi connectivity index (χ4n) is 2.49. The van der Waals surface area contributed by atoms with Crippen molar-refractivity contribution in [3.8, 4) is 5.75 Å². The van der Waals surface area contributed by atoms with Crippen LogP contribution in [0.25, 0.3) is 0 Å². The average molecular weight is 297 g/mol. The van der Waals surface area contributed by atoms with Gasteiger partial charge in [-0.15, -0.1) is 0 Å². The van der Waals surface area contributed by atoms with E-state index in [0.29, 0.717) is 6.10 Å². The zero-order valence-corrected chi connectivity index (χ0v) is 12.5. The van der Waals surface area contributed by atoms with Crippen LogP contribution in [0.5, 0.6) is 5.75 Å². The number of rotatable bonds is 2. The first kappa shape index (κ1) is 12.9. The topological polar surface area (TPSA) is 9.23 Å². The molecule has 1 fully saturated rings. The van der Waals surface area contributed by atoms with Crippen molar-refractivity contribution < 1.29 is 4.74 Å². The summed E-state index contributed by atoms with van der Waals surface area (Å²) in [5.74, 6) is 2.64. The Morgan fingerprint density at radius 2 is 1.94 bits per heavy atom. The van der Waals surface area contributed by atoms with Crippen LogP contribution in [0.3, 0.4) is 0 Å². The van der Waals surface area contributed by atoms with Crippen molar-refractivity contribution in [1.29, 1.82) is 0 Å². The minimum Gasteiger partial charge on any atom is -0.490 e. The molecule has 0 spiro atoms. The van der Waals surface area contributed by atoms with Crippen LogP contribution < -0.4 is 4.74 Å². The van der Waals surface area contributed by atoms with Gasteiger partial charge in [0.1, 0.15) is 5.75 Å². The summed E-state index contributed by atoms with van der Waals surface area (Å²) in [4.78, 5) is 0. The zero-order chi connectivity index (χ0) is 12.4. The number of aryl methyl sites for hydroxylation is 1. The lowest BCUT2D eigenvalue weighted by Gasteiger charge is -2.32. The van der Waals surface area contributed by atoms with Gasteiger partial charge in [-0.3, -0.25) is 0 Å². The molecular formula is C15H21BrO. The van der Waals surface area contributed by atoms with Gasteiger partial charge in [0.2, 0.25) is 0 Å². The molecule has 2 rings (SSSR count). The number of ether oxygens (including phenoxy) is 1. The minimum atomic E-state index is 0.404. The molecule has 1 aromatic carbocycles. The highest BCUT2D eigenvalue weighted by atomic mass is 79.9. The minimum absolute atomic E-state index is 0.404. The second-order valence-electron chi connectivity index (χ2n) is 5.42. The third-order valence-electron chi connectivity index (χ3n) is 3.98. The van der Waals surface area contributed by atoms with Gasteiger partial charge >= 0.3 is 0 Å². The largest absolute Gasteiger partial charge is 0.490 e. The summed E-state index contributed by atoms with van der Waals surface area (Å²) < 4.78 is 7.24. The van der Waals surface area contributed by atoms with Gasteiger partial charge in [0.25, 0.3) is 0 Å². The highest BCUT2D eigenvalue weighted by molar-refractivity contribution is 9.10. The maximum Gasteiger partial charge on any atom is 0.120 e. The van der Waals surface area contributed by atoms with Gasteiger partial charge in [-0.05, 0) is 61.8 Å². The van der Waals surface area contributed by atoms with Crippen LogP contribution in [0.15, 0.2) is 22.7 Å². The molecule has 0 saturated heterocycles. The van der Waals surface area contributed by atoms with Gasteiger partial charge in [-0.2, -0.15) is 0 Å². The fourth-order valence-corrected chi connectivity index (χ4v) is 2.73. The maximum absolute atomic E-state index is 6.09. The number of halogens is 1. The molecule has 0 radical (unpaired) electrons. The molecule has 1 aromatic rings. The molecule has 0 amide bonds. The predicted octanol–water partition coefficient (Wildman–Crippen LogP) is 4.96. The molecule has 0 N–H and O–H groups in total. The summed E-state index contributed by atoms with van der Waals surface area (Å²) in [5.41, 5.74) is 1.24. The van der Waals surface area contributed by atoms with Crippen molar-refractivity contribution in [1.82, 2.24) is 0 Å². The Bertz CT molecular complexity index is 389. The van der Waals surface area contributed by atoms with Crippen LogP contribution in [0, 0.1) is 18.8 Å². The number of hydrogen-bond donors (Lipinski definition) is 0. The van der Waals surface area contributed by atoms with Crippen LogP contribution in [0.1, 0.15) is 38.7 Å². The van der Waals surface area contributed by atoms with E-state index in [0.717, 1.165) is 22.1 Å². The predicted molar refractivity (Wildman–Crippen MR) is 75.5 cm³/mol. The first-order valence-electron chi connectivity index (χ1n) is 6.49. The van der Waals surface area contributed by atoms with Crippen LogP contribution in [-0.4, -0.2) is 6.10 Å². The summed E-state index contributed by atoms with van der Waals surface area (Å²) in [5, 5.41) is 0. The van der Waals surface area contributed by atoms with Crippen molar-refractivity contribution in [2.24, 2.45) is 11.8 Å². The molecule has 1 nitrogen and oxygen atoms in total. The summed E-state index contributed by atoms with van der Waals surface area (Å²) in [6.07, 6.45) is 4.08. The highest BCUT2D eigenvalue weighted by Gasteiger charge is 2.25. The fraction of sp³-hybridized carbons (Fsp3) is 0.600. The Kier molecular flexibility index (Phi) is 4.13. The van der Waals surface area contributed by atoms with Gasteiger partial charge in [0, 0.05) is 4.47 Å². The Balaban J connectivity index is 1.99. The van der Waals surface area contributed by atoms with Crippen LogP contribution >= 0.6 is 15.9 Å². The van der Waals surface area contributed by atoms with Crippen molar-refractivity contribution >= 4 is 15.9 Å². The summed E-state index contributed by atoms with van der Waals surface area (Å²) in [7, 11) is 0. The molecule has 94 valence electrons. The van der Waals surface area contributed by atoms with Gasteiger partial charge in [0.15, 0.2) is 0 Å². The second kappa shape index (κ2) is 5.43. The van der Waals surface area contributed by atoms with Crippen molar-refractivity contribution in [2.45, 2.75) is 46.1 Å². The van der Waals surface area contributed by atoms with E-state index in [9.17, 15) is 0 Å². The lowest BCUT2D eigenvalue weighted by atomic mass is 9.80. The maximum atomic E-state index is 6.09. The van der Waals surface area contributed by atoms with Gasteiger partial charge in [-0.25, -0.2) is 0 Å². The highest BCUT2D eigenvalue weighted by Crippen LogP contribution is 2.32. The van der Waals surface area contributed by atoms with Crippen LogP contribution in [0.4, 0.5) is 0 Å². The van der Waals surface area contributed by atoms with E-state index in [2.05, 4.69) is 54.9 Å². The van der Waals surface area contributed by atoms with Crippen molar-refractivity contribution in [3.63, 3.8) is 0 Å². The van der Waals surface area contributed by atoms with Crippen molar-refractivity contribution in [2.75, 3.05) is 0 Å². The van der Waals surface area contributed by atoms with Crippen molar-refractivity contribution in [3.05, 3.63) is 28.2 Å². The molecule has 0 heterocycles. The smallest absolute Gasteiger partial charge is 0.120 e. The zero-order valence-electron chi connectivity index (χ0n) is 10.9. The Morgan fingerprint density at radius 1 is 1.18 bits per heavy atom. The Labute approximate surface area is 113 Å². The quantitative estimate of drug-likeness (QED) is 0.749. The van der Waals surface area contributed by atoms with E-state index in [4.69, 9.17) is 4.74 Å². The molecule has 17 heavy (non-hydrogen) atoms. The van der Waals surface area contributed by atoms with Crippen LogP contribution in [-0.2, 0) is 0 Å². The van der Waals surface area contributed by atoms with E-state index in [1.807, 2.05) is 0 Å². The molecule has 3 atom stereocenters. The molecule has 2 heteroatoms. The normalized spacial score (nSPS) is 29.1. The monoisotopic (exact) mass is 296 g/mol. The molecule has 0 aromatic heterocycles. The third-order valence-corrected chi connectivity index (χ3v) is 4.87. The Hall–Kier alpha value is -0.500. The van der Waals surface area contributed by atoms with E-state index >= 15 is 0 Å². The van der Waals surface area contributed by atoms with Gasteiger partial charge in [-0.1, -0.05) is 29.8 Å². The lowest BCUT2D eigenvalue weighted by Crippen LogP contribution is -2.28. The van der Waals surface area contributed by atoms with Crippen LogP contribution in [0.2, 0.25) is 0 Å². The summed E-state index contributed by atoms with van der Waals surface area (Å²) in [6.45, 7) is 6.79. The van der Waals surface area contributed by atoms with Gasteiger partial charge in [0.05, 0.1) is 6.10 Å². The standard InChI is InChI=1S/C15H21BrO/c1-10-4-5-13(8-11(10)2)17-14-6-7-15(16)12(3)9-14/h6-7,9-11,13H,4-5,8H2,1-3H3. The van der Waals surface area contributed by atoms with E-state index in [1.165, 1.54) is 24.8 Å². The summed E-state index contributed by atoms with van der Waals surface area (Å²) >= 11 is 3.52. The second-order valence-corrected chi connectivity index (χ2v) is 6.27. The molecular weight excluding hydrogens is 276 g/mol. The third kappa shape index (κ3) is 3.25. The number of benzene rings is 1. The average Bonchev–Trinajstić information content (AvgIpc) is 2.29. The van der Waals surface area contributed by atoms with E-state index in [1.54, 1.807) is 0 Å². The molecule has 3 unspecified atom stereocenters. The molecule has 0 aliphatic heterocycles. The SMILES string of the molecule is Cc1cc(OC2CCC(C)C(C)C2)ccc1Br. The molecule has 1 saturated carbocycles.